The van der Waals surface area contributed by atoms with E-state index in [1.54, 1.807) is 0 Å². The molecule has 1 N–H and O–H groups in total. The number of esters is 2. The fraction of sp³-hybridized carbons (Fsp3) is 0.800. The maximum absolute atomic E-state index is 12.1. The molecule has 1 unspecified atom stereocenters. The Balaban J connectivity index is 3.59. The van der Waals surface area contributed by atoms with Gasteiger partial charge in [0.15, 0.2) is 6.10 Å². The van der Waals surface area contributed by atoms with Gasteiger partial charge in [0.05, 0.1) is 6.61 Å². The van der Waals surface area contributed by atoms with E-state index in [-0.39, 0.29) is 25.2 Å². The molecule has 0 aliphatic heterocycles. The van der Waals surface area contributed by atoms with Gasteiger partial charge in [-0.15, -0.1) is 0 Å². The smallest absolute Gasteiger partial charge is 0.306 e. The number of hydrogen-bond acceptors (Lipinski definition) is 5. The summed E-state index contributed by atoms with van der Waals surface area (Å²) in [4.78, 5) is 24.2. The molecule has 1 atom stereocenters. The third kappa shape index (κ3) is 34.8. The molecule has 45 heavy (non-hydrogen) atoms. The van der Waals surface area contributed by atoms with Crippen molar-refractivity contribution in [1.82, 2.24) is 0 Å². The molecular weight excluding hydrogens is 560 g/mol. The summed E-state index contributed by atoms with van der Waals surface area (Å²) in [6.45, 7) is 4.09. The number of aliphatic hydroxyl groups excluding tert-OH is 1. The van der Waals surface area contributed by atoms with Crippen molar-refractivity contribution in [3.05, 3.63) is 36.5 Å². The topological polar surface area (TPSA) is 72.8 Å². The number of unbranched alkanes of at least 4 members (excludes halogenated alkanes) is 20. The number of hydrogen-bond donors (Lipinski definition) is 1. The Morgan fingerprint density at radius 2 is 0.889 bits per heavy atom. The van der Waals surface area contributed by atoms with Crippen LogP contribution in [0.3, 0.4) is 0 Å². The third-order valence-corrected chi connectivity index (χ3v) is 8.19. The highest BCUT2D eigenvalue weighted by atomic mass is 16.6. The minimum absolute atomic E-state index is 0.0688. The maximum atomic E-state index is 12.1. The van der Waals surface area contributed by atoms with Crippen LogP contribution in [0.25, 0.3) is 0 Å². The monoisotopic (exact) mass is 633 g/mol. The van der Waals surface area contributed by atoms with Crippen LogP contribution in [-0.2, 0) is 19.1 Å². The molecule has 0 spiro atoms. The Hall–Kier alpha value is -1.88. The fourth-order valence-corrected chi connectivity index (χ4v) is 5.27. The molecule has 0 aromatic rings. The molecule has 262 valence electrons. The zero-order valence-corrected chi connectivity index (χ0v) is 29.6. The normalized spacial score (nSPS) is 12.5. The van der Waals surface area contributed by atoms with E-state index in [2.05, 4.69) is 50.3 Å². The van der Waals surface area contributed by atoms with E-state index in [0.717, 1.165) is 57.8 Å². The summed E-state index contributed by atoms with van der Waals surface area (Å²) in [6.07, 6.45) is 43.4. The van der Waals surface area contributed by atoms with Crippen molar-refractivity contribution in [3.63, 3.8) is 0 Å². The summed E-state index contributed by atoms with van der Waals surface area (Å²) in [7, 11) is 0. The molecule has 0 amide bonds. The second kappa shape index (κ2) is 36.6. The molecule has 0 saturated carbocycles. The lowest BCUT2D eigenvalue weighted by atomic mass is 10.0. The van der Waals surface area contributed by atoms with E-state index in [4.69, 9.17) is 9.47 Å². The highest BCUT2D eigenvalue weighted by Gasteiger charge is 2.16. The summed E-state index contributed by atoms with van der Waals surface area (Å²) < 4.78 is 10.6. The molecule has 0 fully saturated rings. The number of allylic oxidation sites excluding steroid dienone is 6. The molecule has 0 radical (unpaired) electrons. The predicted octanol–water partition coefficient (Wildman–Crippen LogP) is 11.7. The van der Waals surface area contributed by atoms with Crippen molar-refractivity contribution in [2.45, 2.75) is 193 Å². The number of carbonyl (C=O) groups is 2. The van der Waals surface area contributed by atoms with Crippen molar-refractivity contribution in [1.29, 1.82) is 0 Å². The van der Waals surface area contributed by atoms with Gasteiger partial charge in [-0.05, 0) is 51.4 Å². The molecule has 0 aliphatic rings. The van der Waals surface area contributed by atoms with Crippen LogP contribution in [0.1, 0.15) is 187 Å². The largest absolute Gasteiger partial charge is 0.462 e. The molecule has 0 aromatic carbocycles. The van der Waals surface area contributed by atoms with Gasteiger partial charge in [-0.1, -0.05) is 159 Å². The first-order chi connectivity index (χ1) is 22.1. The van der Waals surface area contributed by atoms with E-state index in [1.807, 2.05) is 0 Å². The van der Waals surface area contributed by atoms with Crippen molar-refractivity contribution >= 4 is 11.9 Å². The van der Waals surface area contributed by atoms with Crippen LogP contribution in [0, 0.1) is 0 Å². The zero-order valence-electron chi connectivity index (χ0n) is 29.6. The van der Waals surface area contributed by atoms with Gasteiger partial charge in [0, 0.05) is 12.8 Å². The van der Waals surface area contributed by atoms with Crippen LogP contribution in [0.15, 0.2) is 36.5 Å². The first-order valence-corrected chi connectivity index (χ1v) is 19.0. The van der Waals surface area contributed by atoms with Crippen molar-refractivity contribution < 1.29 is 24.2 Å². The van der Waals surface area contributed by atoms with Gasteiger partial charge in [0.25, 0.3) is 0 Å². The molecule has 0 bridgehead atoms. The Bertz CT molecular complexity index is 726. The fourth-order valence-electron chi connectivity index (χ4n) is 5.27. The quantitative estimate of drug-likeness (QED) is 0.0434. The summed E-state index contributed by atoms with van der Waals surface area (Å²) in [5.41, 5.74) is 0. The SMILES string of the molecule is CCCCC/C=C\C/C=C\C/C=C\CCCCCCCCC(=O)OC(CO)COC(=O)CCCCCCCCCCCCCC. The summed E-state index contributed by atoms with van der Waals surface area (Å²) in [5, 5.41) is 9.53. The maximum Gasteiger partial charge on any atom is 0.306 e. The lowest BCUT2D eigenvalue weighted by Crippen LogP contribution is -2.28. The minimum atomic E-state index is -0.774. The summed E-state index contributed by atoms with van der Waals surface area (Å²) in [6, 6.07) is 0. The van der Waals surface area contributed by atoms with E-state index < -0.39 is 6.10 Å². The highest BCUT2D eigenvalue weighted by molar-refractivity contribution is 5.70. The van der Waals surface area contributed by atoms with Crippen molar-refractivity contribution in [2.75, 3.05) is 13.2 Å². The zero-order chi connectivity index (χ0) is 32.9. The van der Waals surface area contributed by atoms with E-state index >= 15 is 0 Å². The summed E-state index contributed by atoms with van der Waals surface area (Å²) >= 11 is 0. The Labute approximate surface area is 278 Å². The Morgan fingerprint density at radius 1 is 0.511 bits per heavy atom. The molecule has 5 heteroatoms. The van der Waals surface area contributed by atoms with Crippen LogP contribution in [-0.4, -0.2) is 36.4 Å². The van der Waals surface area contributed by atoms with Gasteiger partial charge in [-0.2, -0.15) is 0 Å². The molecule has 0 saturated heterocycles. The molecule has 0 aliphatic carbocycles. The third-order valence-electron chi connectivity index (χ3n) is 8.19. The second-order valence-corrected chi connectivity index (χ2v) is 12.7. The first-order valence-electron chi connectivity index (χ1n) is 19.0. The van der Waals surface area contributed by atoms with Gasteiger partial charge in [-0.3, -0.25) is 9.59 Å². The Morgan fingerprint density at radius 3 is 1.38 bits per heavy atom. The minimum Gasteiger partial charge on any atom is -0.462 e. The standard InChI is InChI=1S/C40H72O5/c1-3-5-7-9-11-13-15-17-18-19-20-21-22-23-25-27-29-31-33-35-40(43)45-38(36-41)37-44-39(42)34-32-30-28-26-24-16-14-12-10-8-6-4-2/h11,13,17-18,20-21,38,41H,3-10,12,14-16,19,22-37H2,1-2H3/b13-11-,18-17-,21-20-. The number of rotatable bonds is 34. The highest BCUT2D eigenvalue weighted by Crippen LogP contribution is 2.13. The van der Waals surface area contributed by atoms with Crippen LogP contribution in [0.5, 0.6) is 0 Å². The van der Waals surface area contributed by atoms with E-state index in [0.29, 0.717) is 12.8 Å². The van der Waals surface area contributed by atoms with E-state index in [9.17, 15) is 14.7 Å². The second-order valence-electron chi connectivity index (χ2n) is 12.7. The van der Waals surface area contributed by atoms with Crippen LogP contribution < -0.4 is 0 Å². The van der Waals surface area contributed by atoms with E-state index in [1.165, 1.54) is 103 Å². The van der Waals surface area contributed by atoms with Crippen LogP contribution in [0.2, 0.25) is 0 Å². The van der Waals surface area contributed by atoms with Crippen molar-refractivity contribution in [2.24, 2.45) is 0 Å². The van der Waals surface area contributed by atoms with Crippen molar-refractivity contribution in [3.8, 4) is 0 Å². The average Bonchev–Trinajstić information content (AvgIpc) is 3.04. The molecule has 5 nitrogen and oxygen atoms in total. The molecular formula is C40H72O5. The van der Waals surface area contributed by atoms with Crippen LogP contribution in [0.4, 0.5) is 0 Å². The summed E-state index contributed by atoms with van der Waals surface area (Å²) in [5.74, 6) is -0.603. The van der Waals surface area contributed by atoms with Gasteiger partial charge in [-0.25, -0.2) is 0 Å². The molecule has 0 rings (SSSR count). The van der Waals surface area contributed by atoms with Gasteiger partial charge in [0.2, 0.25) is 0 Å². The predicted molar refractivity (Wildman–Crippen MR) is 191 cm³/mol. The van der Waals surface area contributed by atoms with Gasteiger partial charge < -0.3 is 14.6 Å². The Kier molecular flexibility index (Phi) is 35.1. The number of ether oxygens (including phenoxy) is 2. The average molecular weight is 633 g/mol. The first kappa shape index (κ1) is 43.1. The lowest BCUT2D eigenvalue weighted by molar-refractivity contribution is -0.161. The molecule has 0 heterocycles. The molecule has 0 aromatic heterocycles. The lowest BCUT2D eigenvalue weighted by Gasteiger charge is -2.15. The van der Waals surface area contributed by atoms with Gasteiger partial charge >= 0.3 is 11.9 Å². The van der Waals surface area contributed by atoms with Gasteiger partial charge in [0.1, 0.15) is 6.61 Å². The number of carbonyl (C=O) groups excluding carboxylic acids is 2. The van der Waals surface area contributed by atoms with Crippen LogP contribution >= 0.6 is 0 Å². The number of aliphatic hydroxyl groups is 1.